The van der Waals surface area contributed by atoms with E-state index in [-0.39, 0.29) is 24.3 Å². The van der Waals surface area contributed by atoms with Crippen LogP contribution in [0.1, 0.15) is 26.2 Å². The second-order valence-corrected chi connectivity index (χ2v) is 5.33. The molecule has 2 saturated heterocycles. The van der Waals surface area contributed by atoms with Crippen LogP contribution in [-0.2, 0) is 14.3 Å². The van der Waals surface area contributed by atoms with Crippen LogP contribution < -0.4 is 0 Å². The number of rotatable bonds is 3. The second-order valence-electron chi connectivity index (χ2n) is 5.33. The summed E-state index contributed by atoms with van der Waals surface area (Å²) in [7, 11) is 0. The van der Waals surface area contributed by atoms with Crippen molar-refractivity contribution in [2.24, 2.45) is 0 Å². The smallest absolute Gasteiger partial charge is 0.409 e. The minimum atomic E-state index is -0.335. The Morgan fingerprint density at radius 2 is 1.29 bits per heavy atom. The zero-order chi connectivity index (χ0) is 15.2. The molecule has 7 nitrogen and oxygen atoms in total. The predicted octanol–water partition coefficient (Wildman–Crippen LogP) is 0.300. The Bertz CT molecular complexity index is 399. The number of carbonyl (C=O) groups is 3. The molecule has 0 unspecified atom stereocenters. The summed E-state index contributed by atoms with van der Waals surface area (Å²) in [4.78, 5) is 40.6. The molecular formula is C14H23N3O4. The maximum Gasteiger partial charge on any atom is 0.409 e. The number of ether oxygens (including phenoxy) is 1. The lowest BCUT2D eigenvalue weighted by atomic mass is 10.2. The number of piperazine rings is 1. The molecule has 0 aromatic heterocycles. The summed E-state index contributed by atoms with van der Waals surface area (Å²) in [6.07, 6.45) is 1.66. The number of nitrogens with zero attached hydrogens (tertiary/aromatic N) is 3. The highest BCUT2D eigenvalue weighted by Crippen LogP contribution is 2.11. The molecule has 2 aliphatic rings. The molecule has 0 atom stereocenters. The molecule has 2 aliphatic heterocycles. The molecule has 21 heavy (non-hydrogen) atoms. The lowest BCUT2D eigenvalue weighted by Gasteiger charge is -2.34. The van der Waals surface area contributed by atoms with Crippen molar-refractivity contribution in [2.75, 3.05) is 45.9 Å². The predicted molar refractivity (Wildman–Crippen MR) is 75.6 cm³/mol. The molecule has 0 aromatic carbocycles. The number of amides is 3. The van der Waals surface area contributed by atoms with E-state index in [0.29, 0.717) is 32.8 Å². The van der Waals surface area contributed by atoms with Crippen molar-refractivity contribution >= 4 is 17.9 Å². The average molecular weight is 297 g/mol. The molecule has 0 N–H and O–H groups in total. The highest BCUT2D eigenvalue weighted by atomic mass is 16.6. The molecule has 0 spiro atoms. The largest absolute Gasteiger partial charge is 0.450 e. The summed E-state index contributed by atoms with van der Waals surface area (Å²) in [5, 5.41) is 0. The van der Waals surface area contributed by atoms with Gasteiger partial charge in [0.1, 0.15) is 6.42 Å². The van der Waals surface area contributed by atoms with Crippen LogP contribution in [0, 0.1) is 0 Å². The molecule has 0 radical (unpaired) electrons. The van der Waals surface area contributed by atoms with Crippen molar-refractivity contribution in [3.05, 3.63) is 0 Å². The third-order valence-corrected chi connectivity index (χ3v) is 3.92. The minimum absolute atomic E-state index is 0.0561. The van der Waals surface area contributed by atoms with Gasteiger partial charge in [-0.25, -0.2) is 4.79 Å². The van der Waals surface area contributed by atoms with Gasteiger partial charge in [0.05, 0.1) is 6.61 Å². The van der Waals surface area contributed by atoms with Crippen LogP contribution in [0.25, 0.3) is 0 Å². The number of carbonyl (C=O) groups excluding carboxylic acids is 3. The summed E-state index contributed by atoms with van der Waals surface area (Å²) in [5.74, 6) is -0.222. The fraction of sp³-hybridized carbons (Fsp3) is 0.786. The van der Waals surface area contributed by atoms with Crippen LogP contribution >= 0.6 is 0 Å². The van der Waals surface area contributed by atoms with Gasteiger partial charge in [-0.2, -0.15) is 0 Å². The van der Waals surface area contributed by atoms with Crippen molar-refractivity contribution in [2.45, 2.75) is 26.2 Å². The fourth-order valence-corrected chi connectivity index (χ4v) is 2.67. The monoisotopic (exact) mass is 297 g/mol. The summed E-state index contributed by atoms with van der Waals surface area (Å²) in [6.45, 7) is 5.50. The number of hydrogen-bond acceptors (Lipinski definition) is 4. The zero-order valence-corrected chi connectivity index (χ0v) is 12.5. The van der Waals surface area contributed by atoms with Crippen LogP contribution in [0.5, 0.6) is 0 Å². The summed E-state index contributed by atoms with van der Waals surface area (Å²) in [6, 6.07) is 0. The van der Waals surface area contributed by atoms with Gasteiger partial charge in [0.15, 0.2) is 0 Å². The van der Waals surface area contributed by atoms with Crippen molar-refractivity contribution in [3.63, 3.8) is 0 Å². The molecule has 0 aliphatic carbocycles. The molecule has 2 heterocycles. The van der Waals surface area contributed by atoms with E-state index in [4.69, 9.17) is 4.74 Å². The van der Waals surface area contributed by atoms with Crippen molar-refractivity contribution in [3.8, 4) is 0 Å². The van der Waals surface area contributed by atoms with Crippen LogP contribution in [0.15, 0.2) is 0 Å². The quantitative estimate of drug-likeness (QED) is 0.703. The first-order chi connectivity index (χ1) is 10.1. The highest BCUT2D eigenvalue weighted by molar-refractivity contribution is 5.97. The molecule has 0 saturated carbocycles. The summed E-state index contributed by atoms with van der Waals surface area (Å²) >= 11 is 0. The van der Waals surface area contributed by atoms with Gasteiger partial charge in [-0.3, -0.25) is 9.59 Å². The molecule has 0 bridgehead atoms. The van der Waals surface area contributed by atoms with Gasteiger partial charge < -0.3 is 19.4 Å². The molecule has 2 rings (SSSR count). The molecule has 7 heteroatoms. The molecule has 3 amide bonds. The molecule has 2 fully saturated rings. The summed E-state index contributed by atoms with van der Waals surface area (Å²) in [5.41, 5.74) is 0. The first-order valence-corrected chi connectivity index (χ1v) is 7.59. The highest BCUT2D eigenvalue weighted by Gasteiger charge is 2.27. The maximum atomic E-state index is 12.1. The Morgan fingerprint density at radius 3 is 1.81 bits per heavy atom. The zero-order valence-electron chi connectivity index (χ0n) is 12.5. The van der Waals surface area contributed by atoms with Gasteiger partial charge in [0.25, 0.3) is 0 Å². The van der Waals surface area contributed by atoms with E-state index in [2.05, 4.69) is 0 Å². The maximum absolute atomic E-state index is 12.1. The van der Waals surface area contributed by atoms with Crippen LogP contribution in [-0.4, -0.2) is 78.5 Å². The van der Waals surface area contributed by atoms with Crippen molar-refractivity contribution in [1.82, 2.24) is 14.7 Å². The Labute approximate surface area is 124 Å². The first kappa shape index (κ1) is 15.6. The van der Waals surface area contributed by atoms with Crippen LogP contribution in [0.2, 0.25) is 0 Å². The van der Waals surface area contributed by atoms with Gasteiger partial charge in [-0.1, -0.05) is 0 Å². The fourth-order valence-electron chi connectivity index (χ4n) is 2.67. The van der Waals surface area contributed by atoms with E-state index < -0.39 is 0 Å². The topological polar surface area (TPSA) is 70.2 Å². The van der Waals surface area contributed by atoms with Crippen molar-refractivity contribution < 1.29 is 19.1 Å². The van der Waals surface area contributed by atoms with Gasteiger partial charge in [0, 0.05) is 39.3 Å². The minimum Gasteiger partial charge on any atom is -0.450 e. The average Bonchev–Trinajstić information content (AvgIpc) is 3.02. The Morgan fingerprint density at radius 1 is 0.810 bits per heavy atom. The normalized spacial score (nSPS) is 18.8. The van der Waals surface area contributed by atoms with Gasteiger partial charge >= 0.3 is 6.09 Å². The summed E-state index contributed by atoms with van der Waals surface area (Å²) < 4.78 is 4.93. The van der Waals surface area contributed by atoms with E-state index >= 15 is 0 Å². The second kappa shape index (κ2) is 7.28. The Hall–Kier alpha value is -1.79. The van der Waals surface area contributed by atoms with Crippen LogP contribution in [0.3, 0.4) is 0 Å². The molecule has 118 valence electrons. The third kappa shape index (κ3) is 4.09. The molecular weight excluding hydrogens is 274 g/mol. The van der Waals surface area contributed by atoms with Gasteiger partial charge in [-0.15, -0.1) is 0 Å². The van der Waals surface area contributed by atoms with Gasteiger partial charge in [0.2, 0.25) is 11.8 Å². The number of hydrogen-bond donors (Lipinski definition) is 0. The van der Waals surface area contributed by atoms with Crippen molar-refractivity contribution in [1.29, 1.82) is 0 Å². The molecule has 0 aromatic rings. The van der Waals surface area contributed by atoms with E-state index in [0.717, 1.165) is 25.9 Å². The van der Waals surface area contributed by atoms with E-state index in [9.17, 15) is 14.4 Å². The standard InChI is InChI=1S/C14H23N3O4/c1-2-21-14(20)17-9-7-16(8-10-17)13(19)11-12(18)15-5-3-4-6-15/h2-11H2,1H3. The van der Waals surface area contributed by atoms with E-state index in [1.54, 1.807) is 21.6 Å². The van der Waals surface area contributed by atoms with Gasteiger partial charge in [-0.05, 0) is 19.8 Å². The Balaban J connectivity index is 1.75. The third-order valence-electron chi connectivity index (χ3n) is 3.92. The lowest BCUT2D eigenvalue weighted by molar-refractivity contribution is -0.141. The number of likely N-dealkylation sites (tertiary alicyclic amines) is 1. The Kier molecular flexibility index (Phi) is 5.41. The van der Waals surface area contributed by atoms with Crippen LogP contribution in [0.4, 0.5) is 4.79 Å². The first-order valence-electron chi connectivity index (χ1n) is 7.59. The lowest BCUT2D eigenvalue weighted by Crippen LogP contribution is -2.51. The van der Waals surface area contributed by atoms with E-state index in [1.165, 1.54) is 0 Å². The van der Waals surface area contributed by atoms with E-state index in [1.807, 2.05) is 0 Å². The SMILES string of the molecule is CCOC(=O)N1CCN(C(=O)CC(=O)N2CCCC2)CC1.